The van der Waals surface area contributed by atoms with Gasteiger partial charge in [0.2, 0.25) is 11.9 Å². The van der Waals surface area contributed by atoms with E-state index in [1.54, 1.807) is 18.6 Å². The Labute approximate surface area is 158 Å². The number of aromatic nitrogens is 5. The van der Waals surface area contributed by atoms with Crippen LogP contribution in [0.1, 0.15) is 12.5 Å². The highest BCUT2D eigenvalue weighted by Crippen LogP contribution is 2.18. The zero-order chi connectivity index (χ0) is 18.5. The standard InChI is InChI=1S/C19H22N8/c1-2-15-4-6-16(7-5-15)23-17-14-22-25-19(24-17)27-12-10-26(11-13-27)18-20-8-3-9-21-18/h3-9,14H,2,10-13H2,1H3,(H,23,24,25). The molecule has 0 bridgehead atoms. The van der Waals surface area contributed by atoms with E-state index < -0.39 is 0 Å². The molecule has 138 valence electrons. The van der Waals surface area contributed by atoms with Gasteiger partial charge < -0.3 is 15.1 Å². The lowest BCUT2D eigenvalue weighted by atomic mass is 10.1. The van der Waals surface area contributed by atoms with Crippen molar-refractivity contribution in [3.8, 4) is 0 Å². The lowest BCUT2D eigenvalue weighted by Gasteiger charge is -2.34. The monoisotopic (exact) mass is 362 g/mol. The maximum atomic E-state index is 4.62. The second-order valence-electron chi connectivity index (χ2n) is 6.34. The van der Waals surface area contributed by atoms with Gasteiger partial charge in [-0.25, -0.2) is 9.97 Å². The number of aryl methyl sites for hydroxylation is 1. The summed E-state index contributed by atoms with van der Waals surface area (Å²) in [6.07, 6.45) is 6.21. The van der Waals surface area contributed by atoms with Crippen LogP contribution < -0.4 is 15.1 Å². The molecule has 1 aromatic carbocycles. The Bertz CT molecular complexity index is 860. The molecule has 0 atom stereocenters. The van der Waals surface area contributed by atoms with Crippen LogP contribution in [0.2, 0.25) is 0 Å². The normalized spacial score (nSPS) is 14.3. The number of benzene rings is 1. The minimum atomic E-state index is 0.638. The van der Waals surface area contributed by atoms with Gasteiger partial charge in [0.25, 0.3) is 0 Å². The lowest BCUT2D eigenvalue weighted by molar-refractivity contribution is 0.624. The Morgan fingerprint density at radius 2 is 1.59 bits per heavy atom. The smallest absolute Gasteiger partial charge is 0.247 e. The van der Waals surface area contributed by atoms with Gasteiger partial charge in [0.15, 0.2) is 5.82 Å². The van der Waals surface area contributed by atoms with E-state index in [0.29, 0.717) is 11.8 Å². The first-order valence-electron chi connectivity index (χ1n) is 9.14. The maximum absolute atomic E-state index is 4.62. The van der Waals surface area contributed by atoms with Gasteiger partial charge in [-0.2, -0.15) is 10.1 Å². The molecule has 0 spiro atoms. The third kappa shape index (κ3) is 4.11. The highest BCUT2D eigenvalue weighted by Gasteiger charge is 2.21. The van der Waals surface area contributed by atoms with Gasteiger partial charge in [-0.15, -0.1) is 5.10 Å². The quantitative estimate of drug-likeness (QED) is 0.740. The minimum Gasteiger partial charge on any atom is -0.339 e. The molecule has 3 heterocycles. The molecule has 2 aromatic heterocycles. The second kappa shape index (κ2) is 7.94. The van der Waals surface area contributed by atoms with Gasteiger partial charge >= 0.3 is 0 Å². The van der Waals surface area contributed by atoms with E-state index >= 15 is 0 Å². The maximum Gasteiger partial charge on any atom is 0.247 e. The van der Waals surface area contributed by atoms with Crippen LogP contribution >= 0.6 is 0 Å². The van der Waals surface area contributed by atoms with Gasteiger partial charge in [0.1, 0.15) is 0 Å². The molecule has 0 unspecified atom stereocenters. The van der Waals surface area contributed by atoms with Crippen LogP contribution in [0, 0.1) is 0 Å². The fraction of sp³-hybridized carbons (Fsp3) is 0.316. The minimum absolute atomic E-state index is 0.638. The van der Waals surface area contributed by atoms with Crippen LogP contribution in [0.15, 0.2) is 48.9 Å². The van der Waals surface area contributed by atoms with Crippen LogP contribution in [-0.2, 0) is 6.42 Å². The molecule has 8 heteroatoms. The summed E-state index contributed by atoms with van der Waals surface area (Å²) in [7, 11) is 0. The van der Waals surface area contributed by atoms with E-state index in [-0.39, 0.29) is 0 Å². The molecule has 1 N–H and O–H groups in total. The molecule has 3 aromatic rings. The predicted octanol–water partition coefficient (Wildman–Crippen LogP) is 2.29. The summed E-state index contributed by atoms with van der Waals surface area (Å²) < 4.78 is 0. The Morgan fingerprint density at radius 1 is 0.926 bits per heavy atom. The molecule has 8 nitrogen and oxygen atoms in total. The molecule has 27 heavy (non-hydrogen) atoms. The molecule has 0 saturated carbocycles. The summed E-state index contributed by atoms with van der Waals surface area (Å²) in [5.41, 5.74) is 2.30. The number of rotatable bonds is 5. The van der Waals surface area contributed by atoms with Crippen molar-refractivity contribution in [2.24, 2.45) is 0 Å². The van der Waals surface area contributed by atoms with Crippen molar-refractivity contribution in [3.63, 3.8) is 0 Å². The van der Waals surface area contributed by atoms with E-state index in [0.717, 1.165) is 44.2 Å². The summed E-state index contributed by atoms with van der Waals surface area (Å²) in [6.45, 7) is 5.39. The van der Waals surface area contributed by atoms with E-state index in [1.807, 2.05) is 6.07 Å². The SMILES string of the molecule is CCc1ccc(Nc2cnnc(N3CCN(c4ncccn4)CC3)n2)cc1. The van der Waals surface area contributed by atoms with Gasteiger partial charge in [-0.1, -0.05) is 19.1 Å². The van der Waals surface area contributed by atoms with E-state index in [9.17, 15) is 0 Å². The molecule has 1 aliphatic heterocycles. The molecular formula is C19H22N8. The highest BCUT2D eigenvalue weighted by atomic mass is 15.4. The van der Waals surface area contributed by atoms with Gasteiger partial charge in [-0.05, 0) is 30.2 Å². The van der Waals surface area contributed by atoms with Gasteiger partial charge in [-0.3, -0.25) is 0 Å². The molecule has 1 saturated heterocycles. The van der Waals surface area contributed by atoms with Crippen LogP contribution in [0.4, 0.5) is 23.4 Å². The zero-order valence-electron chi connectivity index (χ0n) is 15.3. The topological polar surface area (TPSA) is 83.0 Å². The van der Waals surface area contributed by atoms with Crippen molar-refractivity contribution in [1.82, 2.24) is 25.1 Å². The van der Waals surface area contributed by atoms with Crippen LogP contribution in [-0.4, -0.2) is 51.3 Å². The fourth-order valence-corrected chi connectivity index (χ4v) is 3.02. The molecule has 0 amide bonds. The first kappa shape index (κ1) is 17.1. The number of nitrogens with zero attached hydrogens (tertiary/aromatic N) is 7. The van der Waals surface area contributed by atoms with Crippen molar-refractivity contribution in [1.29, 1.82) is 0 Å². The first-order chi connectivity index (χ1) is 13.3. The summed E-state index contributed by atoms with van der Waals surface area (Å²) in [5.74, 6) is 2.10. The van der Waals surface area contributed by atoms with Crippen molar-refractivity contribution < 1.29 is 0 Å². The van der Waals surface area contributed by atoms with Crippen molar-refractivity contribution in [2.45, 2.75) is 13.3 Å². The summed E-state index contributed by atoms with van der Waals surface area (Å²) in [5, 5.41) is 11.6. The number of piperazine rings is 1. The second-order valence-corrected chi connectivity index (χ2v) is 6.34. The molecule has 1 fully saturated rings. The third-order valence-electron chi connectivity index (χ3n) is 4.58. The highest BCUT2D eigenvalue weighted by molar-refractivity contribution is 5.56. The summed E-state index contributed by atoms with van der Waals surface area (Å²) >= 11 is 0. The molecule has 4 rings (SSSR count). The van der Waals surface area contributed by atoms with Gasteiger partial charge in [0.05, 0.1) is 6.20 Å². The first-order valence-corrected chi connectivity index (χ1v) is 9.14. The Kier molecular flexibility index (Phi) is 5.04. The van der Waals surface area contributed by atoms with Crippen molar-refractivity contribution in [3.05, 3.63) is 54.5 Å². The Morgan fingerprint density at radius 3 is 2.26 bits per heavy atom. The average Bonchev–Trinajstić information content (AvgIpc) is 2.75. The number of hydrogen-bond donors (Lipinski definition) is 1. The van der Waals surface area contributed by atoms with Gasteiger partial charge in [0, 0.05) is 44.3 Å². The fourth-order valence-electron chi connectivity index (χ4n) is 3.02. The lowest BCUT2D eigenvalue weighted by Crippen LogP contribution is -2.47. The zero-order valence-corrected chi connectivity index (χ0v) is 15.3. The molecule has 0 aliphatic carbocycles. The largest absolute Gasteiger partial charge is 0.339 e. The van der Waals surface area contributed by atoms with E-state index in [4.69, 9.17) is 0 Å². The Hall–Kier alpha value is -3.29. The van der Waals surface area contributed by atoms with Crippen molar-refractivity contribution >= 4 is 23.4 Å². The average molecular weight is 362 g/mol. The van der Waals surface area contributed by atoms with Crippen LogP contribution in [0.3, 0.4) is 0 Å². The molecule has 0 radical (unpaired) electrons. The molecular weight excluding hydrogens is 340 g/mol. The molecule has 1 aliphatic rings. The number of hydrogen-bond acceptors (Lipinski definition) is 8. The number of nitrogens with one attached hydrogen (secondary N) is 1. The van der Waals surface area contributed by atoms with E-state index in [1.165, 1.54) is 5.56 Å². The Balaban J connectivity index is 1.40. The van der Waals surface area contributed by atoms with Crippen LogP contribution in [0.25, 0.3) is 0 Å². The predicted molar refractivity (Wildman–Crippen MR) is 105 cm³/mol. The van der Waals surface area contributed by atoms with Crippen molar-refractivity contribution in [2.75, 3.05) is 41.3 Å². The van der Waals surface area contributed by atoms with E-state index in [2.05, 4.69) is 71.5 Å². The number of anilines is 4. The summed E-state index contributed by atoms with van der Waals surface area (Å²) in [6, 6.07) is 10.2. The van der Waals surface area contributed by atoms with Crippen LogP contribution in [0.5, 0.6) is 0 Å². The summed E-state index contributed by atoms with van der Waals surface area (Å²) in [4.78, 5) is 17.6. The third-order valence-corrected chi connectivity index (χ3v) is 4.58.